The minimum atomic E-state index is -1.12. The zero-order valence-electron chi connectivity index (χ0n) is 39.5. The lowest BCUT2D eigenvalue weighted by atomic mass is 10.1. The zero-order valence-corrected chi connectivity index (χ0v) is 41.1. The molecule has 4 N–H and O–H groups in total. The number of carbonyl (C=O) groups excluding carboxylic acids is 8. The third-order valence-corrected chi connectivity index (χ3v) is 11.2. The number of hydrogen-bond donors (Lipinski definition) is 4. The van der Waals surface area contributed by atoms with Crippen LogP contribution in [0.3, 0.4) is 0 Å². The number of rotatable bonds is 19. The highest BCUT2D eigenvalue weighted by atomic mass is 33.1. The first-order valence-electron chi connectivity index (χ1n) is 21.0. The molecule has 16 nitrogen and oxygen atoms in total. The average molecular weight is 931 g/mol. The van der Waals surface area contributed by atoms with E-state index in [9.17, 15) is 38.4 Å². The van der Waals surface area contributed by atoms with E-state index in [0.29, 0.717) is 11.4 Å². The Bertz CT molecular complexity index is 1820. The molecule has 0 aliphatic rings. The molecule has 0 saturated heterocycles. The van der Waals surface area contributed by atoms with Crippen molar-refractivity contribution in [2.24, 2.45) is 0 Å². The average Bonchev–Trinajstić information content (AvgIpc) is 3.14. The topological polar surface area (TPSA) is 222 Å². The fourth-order valence-corrected chi connectivity index (χ4v) is 7.34. The number of anilines is 2. The van der Waals surface area contributed by atoms with Gasteiger partial charge in [-0.3, -0.25) is 28.8 Å². The molecule has 0 aromatic heterocycles. The van der Waals surface area contributed by atoms with Crippen LogP contribution < -0.4 is 21.3 Å². The van der Waals surface area contributed by atoms with Crippen LogP contribution >= 0.6 is 21.6 Å². The highest BCUT2D eigenvalue weighted by molar-refractivity contribution is 8.77. The number of amides is 4. The highest BCUT2D eigenvalue weighted by Crippen LogP contribution is 2.32. The smallest absolute Gasteiger partial charge is 0.329 e. The third kappa shape index (κ3) is 22.0. The molecule has 0 aliphatic heterocycles. The Hall–Kier alpha value is -5.10. The summed E-state index contributed by atoms with van der Waals surface area (Å²) in [5.41, 5.74) is -1.83. The number of benzene rings is 2. The number of nitrogens with one attached hydrogen (secondary N) is 4. The van der Waals surface area contributed by atoms with E-state index >= 15 is 0 Å². The third-order valence-electron chi connectivity index (χ3n) is 8.02. The predicted octanol–water partition coefficient (Wildman–Crippen LogP) is 7.55. The van der Waals surface area contributed by atoms with Gasteiger partial charge in [0.1, 0.15) is 34.5 Å². The molecule has 64 heavy (non-hydrogen) atoms. The van der Waals surface area contributed by atoms with E-state index in [2.05, 4.69) is 21.3 Å². The summed E-state index contributed by atoms with van der Waals surface area (Å²) in [5.74, 6) is -4.27. The van der Waals surface area contributed by atoms with E-state index in [-0.39, 0.29) is 48.6 Å². The molecule has 0 bridgehead atoms. The molecule has 2 rings (SSSR count). The predicted molar refractivity (Wildman–Crippen MR) is 249 cm³/mol. The summed E-state index contributed by atoms with van der Waals surface area (Å²) in [7, 11) is 2.38. The standard InChI is InChI=1S/C46H66N4O12S2/c1-27(37(53)47-31-19-15-29(16-20-31)39(55)49-33(41(57)61-45(9,10)11)23-25-35(51)59-43(3,4)5)63-64-28(2)38(54)48-32-21-17-30(18-22-32)40(56)50-34(42(58)62-46(12,13)14)24-26-36(52)60-44(6,7)8/h15-22,27-28,33-34H,23-26H2,1-14H3,(H,47,53)(H,48,54)(H,49,55)(H,50,56). The lowest BCUT2D eigenvalue weighted by Gasteiger charge is -2.25. The van der Waals surface area contributed by atoms with Crippen LogP contribution in [0.25, 0.3) is 0 Å². The van der Waals surface area contributed by atoms with Crippen LogP contribution in [0.5, 0.6) is 0 Å². The van der Waals surface area contributed by atoms with Crippen LogP contribution in [-0.4, -0.2) is 92.5 Å². The van der Waals surface area contributed by atoms with E-state index in [0.717, 1.165) is 0 Å². The van der Waals surface area contributed by atoms with Crippen LogP contribution in [0.1, 0.15) is 143 Å². The molecule has 0 radical (unpaired) electrons. The van der Waals surface area contributed by atoms with Crippen LogP contribution in [0, 0.1) is 0 Å². The Labute approximate surface area is 384 Å². The summed E-state index contributed by atoms with van der Waals surface area (Å²) in [6, 6.07) is 9.86. The van der Waals surface area contributed by atoms with Crippen LogP contribution in [-0.2, 0) is 47.7 Å². The highest BCUT2D eigenvalue weighted by Gasteiger charge is 2.31. The SMILES string of the molecule is CC(SSC(C)C(=O)Nc1ccc(C(=O)NC(CCC(=O)OC(C)(C)C)C(=O)OC(C)(C)C)cc1)C(=O)Nc1ccc(C(=O)NC(CCC(=O)OC(C)(C)C)C(=O)OC(C)(C)C)cc1. The second-order valence-corrected chi connectivity index (χ2v) is 21.9. The Morgan fingerprint density at radius 2 is 0.750 bits per heavy atom. The van der Waals surface area contributed by atoms with Crippen molar-refractivity contribution in [2.75, 3.05) is 10.6 Å². The van der Waals surface area contributed by atoms with Gasteiger partial charge in [-0.05, 0) is 158 Å². The molecule has 354 valence electrons. The van der Waals surface area contributed by atoms with Gasteiger partial charge in [-0.25, -0.2) is 9.59 Å². The second kappa shape index (κ2) is 23.7. The van der Waals surface area contributed by atoms with Gasteiger partial charge in [-0.1, -0.05) is 21.6 Å². The molecule has 4 unspecified atom stereocenters. The van der Waals surface area contributed by atoms with Crippen LogP contribution in [0.2, 0.25) is 0 Å². The van der Waals surface area contributed by atoms with Gasteiger partial charge in [-0.2, -0.15) is 0 Å². The number of esters is 4. The summed E-state index contributed by atoms with van der Waals surface area (Å²) in [6.07, 6.45) is -0.313. The zero-order chi connectivity index (χ0) is 48.8. The maximum atomic E-state index is 13.2. The quantitative estimate of drug-likeness (QED) is 0.0607. The molecule has 2 aromatic rings. The molecule has 0 spiro atoms. The van der Waals surface area contributed by atoms with E-state index in [1.54, 1.807) is 96.9 Å². The van der Waals surface area contributed by atoms with Crippen molar-refractivity contribution in [2.45, 2.75) is 168 Å². The van der Waals surface area contributed by atoms with Crippen LogP contribution in [0.15, 0.2) is 48.5 Å². The first-order valence-corrected chi connectivity index (χ1v) is 23.2. The molecule has 0 fully saturated rings. The number of carbonyl (C=O) groups is 8. The maximum Gasteiger partial charge on any atom is 0.329 e. The summed E-state index contributed by atoms with van der Waals surface area (Å²) >= 11 is 0. The molecule has 0 saturated carbocycles. The number of hydrogen-bond acceptors (Lipinski definition) is 14. The minimum absolute atomic E-state index is 0.0349. The van der Waals surface area contributed by atoms with Gasteiger partial charge < -0.3 is 40.2 Å². The van der Waals surface area contributed by atoms with Gasteiger partial charge in [-0.15, -0.1) is 0 Å². The minimum Gasteiger partial charge on any atom is -0.460 e. The molecule has 18 heteroatoms. The van der Waals surface area contributed by atoms with Gasteiger partial charge in [0.15, 0.2) is 0 Å². The van der Waals surface area contributed by atoms with Gasteiger partial charge in [0, 0.05) is 35.3 Å². The van der Waals surface area contributed by atoms with Crippen molar-refractivity contribution >= 4 is 80.5 Å². The van der Waals surface area contributed by atoms with Gasteiger partial charge in [0.25, 0.3) is 11.8 Å². The van der Waals surface area contributed by atoms with Crippen molar-refractivity contribution in [1.82, 2.24) is 10.6 Å². The molecule has 0 aliphatic carbocycles. The monoisotopic (exact) mass is 930 g/mol. The lowest BCUT2D eigenvalue weighted by Crippen LogP contribution is -2.44. The molecule has 0 heterocycles. The first kappa shape index (κ1) is 55.0. The van der Waals surface area contributed by atoms with Crippen LogP contribution in [0.4, 0.5) is 11.4 Å². The fourth-order valence-electron chi connectivity index (χ4n) is 5.19. The van der Waals surface area contributed by atoms with Crippen molar-refractivity contribution in [3.8, 4) is 0 Å². The Kier molecular flexibility index (Phi) is 20.4. The van der Waals surface area contributed by atoms with Crippen molar-refractivity contribution in [3.05, 3.63) is 59.7 Å². The molecule has 4 amide bonds. The number of ether oxygens (including phenoxy) is 4. The first-order chi connectivity index (χ1) is 29.3. The molecule has 2 aromatic carbocycles. The van der Waals surface area contributed by atoms with E-state index in [4.69, 9.17) is 18.9 Å². The van der Waals surface area contributed by atoms with E-state index < -0.39 is 80.7 Å². The largest absolute Gasteiger partial charge is 0.460 e. The van der Waals surface area contributed by atoms with Crippen molar-refractivity contribution in [3.63, 3.8) is 0 Å². The summed E-state index contributed by atoms with van der Waals surface area (Å²) < 4.78 is 21.6. The maximum absolute atomic E-state index is 13.2. The van der Waals surface area contributed by atoms with Crippen molar-refractivity contribution < 1.29 is 57.3 Å². The summed E-state index contributed by atoms with van der Waals surface area (Å²) in [4.78, 5) is 103. The fraction of sp³-hybridized carbons (Fsp3) is 0.565. The second-order valence-electron chi connectivity index (χ2n) is 19.0. The molecular weight excluding hydrogens is 865 g/mol. The lowest BCUT2D eigenvalue weighted by molar-refractivity contribution is -0.160. The normalized spacial score (nSPS) is 13.8. The van der Waals surface area contributed by atoms with Gasteiger partial charge in [0.05, 0.1) is 10.5 Å². The van der Waals surface area contributed by atoms with E-state index in [1.165, 1.54) is 70.1 Å². The van der Waals surface area contributed by atoms with Gasteiger partial charge >= 0.3 is 23.9 Å². The summed E-state index contributed by atoms with van der Waals surface area (Å²) in [5, 5.41) is 9.70. The Morgan fingerprint density at radius 3 is 1.02 bits per heavy atom. The van der Waals surface area contributed by atoms with E-state index in [1.807, 2.05) is 0 Å². The molecular formula is C46H66N4O12S2. The Morgan fingerprint density at radius 1 is 0.469 bits per heavy atom. The van der Waals surface area contributed by atoms with Crippen molar-refractivity contribution in [1.29, 1.82) is 0 Å². The van der Waals surface area contributed by atoms with Gasteiger partial charge in [0.2, 0.25) is 11.8 Å². The molecule has 4 atom stereocenters. The Balaban J connectivity index is 1.94. The summed E-state index contributed by atoms with van der Waals surface area (Å²) in [6.45, 7) is 23.9.